The third-order valence-corrected chi connectivity index (χ3v) is 8.17. The lowest BCUT2D eigenvalue weighted by atomic mass is 10.1. The van der Waals surface area contributed by atoms with E-state index in [-0.39, 0.29) is 22.8 Å². The van der Waals surface area contributed by atoms with Crippen LogP contribution in [0, 0.1) is 0 Å². The summed E-state index contributed by atoms with van der Waals surface area (Å²) in [7, 11) is -7.75. The van der Waals surface area contributed by atoms with Gasteiger partial charge in [0.15, 0.2) is 24.8 Å². The van der Waals surface area contributed by atoms with E-state index < -0.39 is 33.4 Å². The smallest absolute Gasteiger partial charge is 0.460 e. The molecule has 44 heavy (non-hydrogen) atoms. The van der Waals surface area contributed by atoms with Crippen molar-refractivity contribution in [3.63, 3.8) is 0 Å². The number of carbonyl (C=O) groups is 2. The average Bonchev–Trinajstić information content (AvgIpc) is 2.90. The van der Waals surface area contributed by atoms with E-state index in [1.54, 1.807) is 24.3 Å². The second-order valence-corrected chi connectivity index (χ2v) is 11.8. The number of carbonyl (C=O) groups excluding carboxylic acids is 2. The van der Waals surface area contributed by atoms with Crippen LogP contribution in [0.1, 0.15) is 13.8 Å². The second-order valence-electron chi connectivity index (χ2n) is 8.37. The van der Waals surface area contributed by atoms with Gasteiger partial charge < -0.3 is 14.0 Å². The van der Waals surface area contributed by atoms with Crippen molar-refractivity contribution < 1.29 is 71.5 Å². The van der Waals surface area contributed by atoms with Gasteiger partial charge in [0, 0.05) is 13.8 Å². The monoisotopic (exact) mass is 678 g/mol. The van der Waals surface area contributed by atoms with Gasteiger partial charge in [0.1, 0.15) is 11.5 Å². The average molecular weight is 679 g/mol. The maximum Gasteiger partial charge on any atom is 0.460 e. The Labute approximate surface area is 246 Å². The highest BCUT2D eigenvalue weighted by molar-refractivity contribution is 7.97. The first-order chi connectivity index (χ1) is 20.0. The fraction of sp³-hybridized carbons (Fsp3) is 0.231. The zero-order valence-electron chi connectivity index (χ0n) is 22.1. The largest absolute Gasteiger partial charge is 0.743 e. The van der Waals surface area contributed by atoms with E-state index in [0.717, 1.165) is 14.7 Å². The lowest BCUT2D eigenvalue weighted by Crippen LogP contribution is -2.63. The van der Waals surface area contributed by atoms with E-state index in [4.69, 9.17) is 9.47 Å². The first kappa shape index (κ1) is 36.4. The quantitative estimate of drug-likeness (QED) is 0.0870. The second kappa shape index (κ2) is 13.5. The predicted octanol–water partition coefficient (Wildman–Crippen LogP) is 6.59. The Balaban J connectivity index is 0.000000345. The number of hydrogen-bond donors (Lipinski definition) is 0. The summed E-state index contributed by atoms with van der Waals surface area (Å²) in [5, 5.41) is -7.11. The molecule has 7 nitrogen and oxygen atoms in total. The summed E-state index contributed by atoms with van der Waals surface area (Å²) in [6, 6.07) is 25.2. The minimum atomic E-state index is -7.43. The Kier molecular flexibility index (Phi) is 11.2. The molecule has 0 radical (unpaired) electrons. The van der Waals surface area contributed by atoms with E-state index in [2.05, 4.69) is 12.1 Å². The molecule has 0 aromatic heterocycles. The standard InChI is InChI=1S/C22H19O4S.C4HF9O3S/c1-16(23)25-18-8-12-21(13-9-18)27(20-6-4-3-5-7-20)22-14-10-19(11-15-22)26-17(2)24;5-1(6,3(9,10)11)2(7,8)4(12,13)17(14,15)16/h3-15H,1-2H3;(H,14,15,16)/q+1;/p-1. The van der Waals surface area contributed by atoms with Crippen LogP contribution in [-0.4, -0.2) is 48.2 Å². The van der Waals surface area contributed by atoms with Gasteiger partial charge in [-0.3, -0.25) is 9.59 Å². The van der Waals surface area contributed by atoms with Crippen LogP contribution in [0.15, 0.2) is 93.5 Å². The molecule has 0 heterocycles. The number of esters is 2. The van der Waals surface area contributed by atoms with Crippen LogP contribution in [0.2, 0.25) is 0 Å². The van der Waals surface area contributed by atoms with Crippen molar-refractivity contribution in [2.24, 2.45) is 0 Å². The molecule has 240 valence electrons. The molecule has 3 aromatic rings. The van der Waals surface area contributed by atoms with Gasteiger partial charge in [-0.2, -0.15) is 39.5 Å². The Morgan fingerprint density at radius 1 is 0.614 bits per heavy atom. The van der Waals surface area contributed by atoms with Gasteiger partial charge in [-0.15, -0.1) is 0 Å². The lowest BCUT2D eigenvalue weighted by molar-refractivity contribution is -0.382. The highest BCUT2D eigenvalue weighted by Crippen LogP contribution is 2.54. The van der Waals surface area contributed by atoms with Crippen molar-refractivity contribution in [3.05, 3.63) is 78.9 Å². The predicted molar refractivity (Wildman–Crippen MR) is 135 cm³/mol. The summed E-state index contributed by atoms with van der Waals surface area (Å²) < 4.78 is 146. The van der Waals surface area contributed by atoms with Crippen LogP contribution in [0.4, 0.5) is 39.5 Å². The van der Waals surface area contributed by atoms with Crippen LogP contribution in [-0.2, 0) is 30.6 Å². The Bertz CT molecular complexity index is 1490. The molecular formula is C26H19F9O7S2. The summed E-state index contributed by atoms with van der Waals surface area (Å²) in [6.45, 7) is 2.76. The summed E-state index contributed by atoms with van der Waals surface area (Å²) >= 11 is 0. The van der Waals surface area contributed by atoms with E-state index in [9.17, 15) is 62.1 Å². The molecule has 0 saturated heterocycles. The zero-order valence-corrected chi connectivity index (χ0v) is 23.7. The molecule has 0 fully saturated rings. The molecule has 0 atom stereocenters. The number of alkyl halides is 9. The van der Waals surface area contributed by atoms with Gasteiger partial charge in [0.05, 0.1) is 10.9 Å². The number of rotatable bonds is 8. The summed E-state index contributed by atoms with van der Waals surface area (Å²) in [5.41, 5.74) is 0. The molecule has 0 spiro atoms. The van der Waals surface area contributed by atoms with E-state index in [1.165, 1.54) is 13.8 Å². The third-order valence-electron chi connectivity index (χ3n) is 5.05. The molecule has 0 N–H and O–H groups in total. The summed E-state index contributed by atoms with van der Waals surface area (Å²) in [6.07, 6.45) is -7.16. The molecule has 0 aliphatic carbocycles. The molecule has 3 aromatic carbocycles. The highest BCUT2D eigenvalue weighted by atomic mass is 32.2. The minimum Gasteiger partial charge on any atom is -0.743 e. The van der Waals surface area contributed by atoms with E-state index in [0.29, 0.717) is 11.5 Å². The number of hydrogen-bond acceptors (Lipinski definition) is 7. The summed E-state index contributed by atoms with van der Waals surface area (Å²) in [5.74, 6) is -14.5. The van der Waals surface area contributed by atoms with Crippen LogP contribution in [0.5, 0.6) is 11.5 Å². The fourth-order valence-corrected chi connectivity index (χ4v) is 5.61. The Morgan fingerprint density at radius 2 is 0.955 bits per heavy atom. The molecule has 0 amide bonds. The number of benzene rings is 3. The SMILES string of the molecule is CC(=O)Oc1ccc([S+](c2ccccc2)c2ccc(OC(C)=O)cc2)cc1.O=S(=O)([O-])C(F)(F)C(F)(F)C(F)(F)C(F)(F)F. The van der Waals surface area contributed by atoms with Gasteiger partial charge in [-0.25, -0.2) is 8.42 Å². The number of ether oxygens (including phenoxy) is 2. The first-order valence-electron chi connectivity index (χ1n) is 11.5. The van der Waals surface area contributed by atoms with E-state index >= 15 is 0 Å². The van der Waals surface area contributed by atoms with Gasteiger partial charge >= 0.3 is 35.2 Å². The maximum absolute atomic E-state index is 12.2. The number of halogens is 9. The zero-order chi connectivity index (χ0) is 33.7. The molecule has 0 aliphatic rings. The summed E-state index contributed by atoms with van der Waals surface area (Å²) in [4.78, 5) is 25.6. The molecule has 0 unspecified atom stereocenters. The molecule has 18 heteroatoms. The molecule has 3 rings (SSSR count). The normalized spacial score (nSPS) is 12.7. The van der Waals surface area contributed by atoms with Gasteiger partial charge in [0.25, 0.3) is 0 Å². The Hall–Kier alpha value is -3.77. The minimum absolute atomic E-state index is 0.338. The van der Waals surface area contributed by atoms with Gasteiger partial charge in [-0.05, 0) is 60.7 Å². The molecule has 0 saturated carbocycles. The van der Waals surface area contributed by atoms with Crippen molar-refractivity contribution in [1.82, 2.24) is 0 Å². The van der Waals surface area contributed by atoms with Gasteiger partial charge in [-0.1, -0.05) is 18.2 Å². The lowest BCUT2D eigenvalue weighted by Gasteiger charge is -2.34. The van der Waals surface area contributed by atoms with Crippen LogP contribution < -0.4 is 9.47 Å². The van der Waals surface area contributed by atoms with Gasteiger partial charge in [0.2, 0.25) is 0 Å². The molecule has 0 bridgehead atoms. The van der Waals surface area contributed by atoms with Crippen LogP contribution in [0.3, 0.4) is 0 Å². The van der Waals surface area contributed by atoms with Crippen molar-refractivity contribution in [2.45, 2.75) is 51.8 Å². The fourth-order valence-electron chi connectivity index (χ4n) is 3.10. The van der Waals surface area contributed by atoms with Crippen molar-refractivity contribution >= 4 is 33.0 Å². The van der Waals surface area contributed by atoms with E-state index in [1.807, 2.05) is 42.5 Å². The first-order valence-corrected chi connectivity index (χ1v) is 14.2. The van der Waals surface area contributed by atoms with Crippen LogP contribution in [0.25, 0.3) is 0 Å². The topological polar surface area (TPSA) is 110 Å². The third kappa shape index (κ3) is 8.23. The van der Waals surface area contributed by atoms with Crippen molar-refractivity contribution in [2.75, 3.05) is 0 Å². The molecular weight excluding hydrogens is 659 g/mol. The van der Waals surface area contributed by atoms with Crippen molar-refractivity contribution in [3.8, 4) is 11.5 Å². The Morgan fingerprint density at radius 3 is 1.25 bits per heavy atom. The van der Waals surface area contributed by atoms with Crippen LogP contribution >= 0.6 is 0 Å². The highest BCUT2D eigenvalue weighted by Gasteiger charge is 2.83. The van der Waals surface area contributed by atoms with Crippen molar-refractivity contribution in [1.29, 1.82) is 0 Å². The maximum atomic E-state index is 12.2. The molecule has 0 aliphatic heterocycles.